The Morgan fingerprint density at radius 2 is 0.420 bits per heavy atom. The predicted octanol–water partition coefficient (Wildman–Crippen LogP) is 15.9. The fourth-order valence-corrected chi connectivity index (χ4v) is 13.5. The number of esters is 4. The molecule has 0 heterocycles. The molecule has 0 aromatic heterocycles. The van der Waals surface area contributed by atoms with Gasteiger partial charge in [-0.25, -0.2) is 20.3 Å². The van der Waals surface area contributed by atoms with Gasteiger partial charge >= 0.3 is 54.0 Å². The molecule has 0 spiro atoms. The summed E-state index contributed by atoms with van der Waals surface area (Å²) in [6.07, 6.45) is -0.886. The lowest BCUT2D eigenvalue weighted by Crippen LogP contribution is -2.40. The summed E-state index contributed by atoms with van der Waals surface area (Å²) in [5, 5.41) is 8.70. The predicted molar refractivity (Wildman–Crippen MR) is 353 cm³/mol. The van der Waals surface area contributed by atoms with E-state index >= 15 is 0 Å². The number of hydrogen-bond acceptors (Lipinski definition) is 16. The van der Waals surface area contributed by atoms with Gasteiger partial charge in [0.15, 0.2) is 0 Å². The molecule has 0 fully saturated rings. The van der Waals surface area contributed by atoms with Crippen LogP contribution in [0.4, 0.5) is 0 Å². The standard InChI is InChI=1S/4C16H26NO4P/c4*1-12(2)20-15(18)13(3)17-22(19,16(4,5)6)21-14-10-8-7-9-11-14/h4*7-13H,1-6H3,(H,17,19)/t2*13-,22+;2*13-,22-/m1010/s1. The van der Waals surface area contributed by atoms with Crippen LogP contribution in [-0.4, -0.2) is 93.1 Å². The lowest BCUT2D eigenvalue weighted by atomic mass is 10.3. The molecule has 0 saturated carbocycles. The molecule has 0 aliphatic carbocycles. The Hall–Kier alpha value is -5.28. The van der Waals surface area contributed by atoms with Gasteiger partial charge in [0, 0.05) is 0 Å². The van der Waals surface area contributed by atoms with Gasteiger partial charge < -0.3 is 37.0 Å². The van der Waals surface area contributed by atoms with Crippen molar-refractivity contribution in [1.82, 2.24) is 20.3 Å². The van der Waals surface area contributed by atoms with Crippen LogP contribution in [0, 0.1) is 0 Å². The first kappa shape index (κ1) is 80.7. The minimum atomic E-state index is -3.33. The Labute approximate surface area is 526 Å². The van der Waals surface area contributed by atoms with Crippen molar-refractivity contribution in [2.24, 2.45) is 0 Å². The van der Waals surface area contributed by atoms with Crippen molar-refractivity contribution in [3.8, 4) is 23.0 Å². The molecule has 0 radical (unpaired) electrons. The highest BCUT2D eigenvalue weighted by molar-refractivity contribution is 7.60. The molecular formula is C64H104N4O16P4. The number of para-hydroxylation sites is 4. The summed E-state index contributed by atoms with van der Waals surface area (Å²) < 4.78 is 96.5. The van der Waals surface area contributed by atoms with Crippen LogP contribution in [-0.2, 0) is 56.4 Å². The zero-order valence-corrected chi connectivity index (χ0v) is 60.1. The van der Waals surface area contributed by atoms with E-state index in [1.807, 2.05) is 107 Å². The molecule has 4 aromatic rings. The van der Waals surface area contributed by atoms with Gasteiger partial charge in [-0.2, -0.15) is 0 Å². The highest BCUT2D eigenvalue weighted by Gasteiger charge is 2.45. The number of ether oxygens (including phenoxy) is 4. The van der Waals surface area contributed by atoms with Crippen molar-refractivity contribution in [2.45, 2.75) is 235 Å². The molecule has 0 amide bonds. The van der Waals surface area contributed by atoms with Crippen molar-refractivity contribution in [3.05, 3.63) is 121 Å². The minimum absolute atomic E-state index is 0.221. The molecule has 24 heteroatoms. The summed E-state index contributed by atoms with van der Waals surface area (Å²) in [6.45, 7) is 42.4. The average molecular weight is 1310 g/mol. The number of rotatable bonds is 24. The van der Waals surface area contributed by atoms with Crippen LogP contribution in [0.1, 0.15) is 166 Å². The molecule has 4 aromatic carbocycles. The maximum Gasteiger partial charge on any atom is 0.323 e. The van der Waals surface area contributed by atoms with Crippen LogP contribution in [0.3, 0.4) is 0 Å². The highest BCUT2D eigenvalue weighted by Crippen LogP contribution is 2.58. The Kier molecular flexibility index (Phi) is 32.4. The third-order valence-corrected chi connectivity index (χ3v) is 23.6. The molecular weight excluding hydrogens is 1200 g/mol. The van der Waals surface area contributed by atoms with Gasteiger partial charge in [-0.1, -0.05) is 72.8 Å². The first-order valence-electron chi connectivity index (χ1n) is 29.5. The molecule has 20 nitrogen and oxygen atoms in total. The minimum Gasteiger partial charge on any atom is -0.462 e. The molecule has 0 aliphatic rings. The van der Waals surface area contributed by atoms with Crippen molar-refractivity contribution in [3.63, 3.8) is 0 Å². The van der Waals surface area contributed by atoms with Crippen molar-refractivity contribution in [2.75, 3.05) is 0 Å². The SMILES string of the molecule is CC(C)OC(=O)[C@@H](C)N[P@@](=O)(Oc1ccccc1)C(C)(C)C.CC(C)OC(=O)[C@@H](C)N[P@](=O)(Oc1ccccc1)C(C)(C)C.CC(C)OC(=O)[C@H](C)N[P@@](=O)(Oc1ccccc1)C(C)(C)C.CC(C)OC(=O)[C@H](C)N[P@](=O)(Oc1ccccc1)C(C)(C)C. The summed E-state index contributed by atoms with van der Waals surface area (Å²) >= 11 is 0. The smallest absolute Gasteiger partial charge is 0.323 e. The van der Waals surface area contributed by atoms with Crippen molar-refractivity contribution < 1.29 is 74.5 Å². The van der Waals surface area contributed by atoms with Gasteiger partial charge in [-0.15, -0.1) is 0 Å². The van der Waals surface area contributed by atoms with Gasteiger partial charge in [0.05, 0.1) is 45.0 Å². The molecule has 0 saturated heterocycles. The van der Waals surface area contributed by atoms with Crippen LogP contribution in [0.15, 0.2) is 121 Å². The monoisotopic (exact) mass is 1310 g/mol. The molecule has 4 N–H and O–H groups in total. The van der Waals surface area contributed by atoms with Gasteiger partial charge in [-0.3, -0.25) is 37.4 Å². The molecule has 4 rings (SSSR count). The summed E-state index contributed by atoms with van der Waals surface area (Å²) in [7, 11) is -13.3. The fourth-order valence-electron chi connectivity index (χ4n) is 6.51. The summed E-state index contributed by atoms with van der Waals surface area (Å²) in [4.78, 5) is 47.8. The van der Waals surface area contributed by atoms with Crippen molar-refractivity contribution >= 4 is 54.0 Å². The maximum absolute atomic E-state index is 13.3. The van der Waals surface area contributed by atoms with Gasteiger partial charge in [0.1, 0.15) is 47.2 Å². The Bertz CT molecular complexity index is 2550. The second kappa shape index (κ2) is 35.4. The van der Waals surface area contributed by atoms with E-state index in [1.54, 1.807) is 180 Å². The summed E-state index contributed by atoms with van der Waals surface area (Å²) in [5.41, 5.74) is 0. The van der Waals surface area contributed by atoms with E-state index in [-0.39, 0.29) is 24.4 Å². The van der Waals surface area contributed by atoms with E-state index in [2.05, 4.69) is 20.3 Å². The number of hydrogen-bond donors (Lipinski definition) is 4. The van der Waals surface area contributed by atoms with Gasteiger partial charge in [-0.05, 0) is 215 Å². The zero-order chi connectivity index (χ0) is 67.9. The molecule has 0 bridgehead atoms. The van der Waals surface area contributed by atoms with E-state index in [0.29, 0.717) is 23.0 Å². The Morgan fingerprint density at radius 1 is 0.284 bits per heavy atom. The highest BCUT2D eigenvalue weighted by atomic mass is 31.2. The van der Waals surface area contributed by atoms with E-state index in [9.17, 15) is 37.4 Å². The molecule has 0 unspecified atom stereocenters. The van der Waals surface area contributed by atoms with Crippen molar-refractivity contribution in [1.29, 1.82) is 0 Å². The van der Waals surface area contributed by atoms with Crippen LogP contribution >= 0.6 is 30.1 Å². The van der Waals surface area contributed by atoms with Crippen LogP contribution in [0.25, 0.3) is 0 Å². The summed E-state index contributed by atoms with van der Waals surface area (Å²) in [6, 6.07) is 32.8. The van der Waals surface area contributed by atoms with Gasteiger partial charge in [0.25, 0.3) is 0 Å². The van der Waals surface area contributed by atoms with Crippen LogP contribution < -0.4 is 38.4 Å². The maximum atomic E-state index is 13.3. The molecule has 8 atom stereocenters. The third kappa shape index (κ3) is 28.3. The zero-order valence-electron chi connectivity index (χ0n) is 56.5. The number of nitrogens with one attached hydrogen (secondary N) is 4. The topological polar surface area (TPSA) is 259 Å². The first-order chi connectivity index (χ1) is 40.2. The van der Waals surface area contributed by atoms with E-state index < -0.39 is 98.7 Å². The van der Waals surface area contributed by atoms with E-state index in [4.69, 9.17) is 37.0 Å². The Morgan fingerprint density at radius 3 is 0.534 bits per heavy atom. The van der Waals surface area contributed by atoms with Crippen LogP contribution in [0.2, 0.25) is 0 Å². The van der Waals surface area contributed by atoms with Crippen LogP contribution in [0.5, 0.6) is 23.0 Å². The fraction of sp³-hybridized carbons (Fsp3) is 0.562. The number of carbonyl (C=O) groups is 4. The Balaban J connectivity index is 0.000000587. The molecule has 88 heavy (non-hydrogen) atoms. The molecule has 496 valence electrons. The normalized spacial score (nSPS) is 16.0. The largest absolute Gasteiger partial charge is 0.462 e. The second-order valence-corrected chi connectivity index (χ2v) is 37.4. The first-order valence-corrected chi connectivity index (χ1v) is 36.0. The second-order valence-electron chi connectivity index (χ2n) is 25.9. The summed E-state index contributed by atoms with van der Waals surface area (Å²) in [5.74, 6) is 0.199. The molecule has 0 aliphatic heterocycles. The number of benzene rings is 4. The lowest BCUT2D eigenvalue weighted by Gasteiger charge is -2.33. The van der Waals surface area contributed by atoms with Gasteiger partial charge in [0.2, 0.25) is 0 Å². The van der Waals surface area contributed by atoms with E-state index in [1.165, 1.54) is 0 Å². The quantitative estimate of drug-likeness (QED) is 0.0289. The third-order valence-electron chi connectivity index (χ3n) is 11.7. The lowest BCUT2D eigenvalue weighted by molar-refractivity contribution is -0.149. The average Bonchev–Trinajstić information content (AvgIpc) is 3.56. The van der Waals surface area contributed by atoms with E-state index in [0.717, 1.165) is 0 Å². The number of carbonyl (C=O) groups excluding carboxylic acids is 4.